The zero-order valence-electron chi connectivity index (χ0n) is 15.4. The topological polar surface area (TPSA) is 55.0 Å². The van der Waals surface area contributed by atoms with Crippen LogP contribution in [0.25, 0.3) is 0 Å². The molecule has 0 aliphatic carbocycles. The van der Waals surface area contributed by atoms with Gasteiger partial charge in [0.2, 0.25) is 0 Å². The van der Waals surface area contributed by atoms with Crippen LogP contribution in [0.2, 0.25) is 10.0 Å². The lowest BCUT2D eigenvalue weighted by Crippen LogP contribution is -2.48. The summed E-state index contributed by atoms with van der Waals surface area (Å²) in [6, 6.07) is 5.63. The molecular formula is C19H24Cl2N4S. The molecule has 7 heteroatoms. The molecule has 1 fully saturated rings. The number of aryl methyl sites for hydroxylation is 2. The number of piperidine rings is 1. The number of aromatic nitrogens is 2. The molecule has 2 heterocycles. The largest absolute Gasteiger partial charge is 0.355 e. The number of nitrogens with zero attached hydrogens (tertiary/aromatic N) is 3. The van der Waals surface area contributed by atoms with Crippen LogP contribution in [0, 0.1) is 6.92 Å². The summed E-state index contributed by atoms with van der Waals surface area (Å²) in [5, 5.41) is 1.98. The number of anilines is 1. The Morgan fingerprint density at radius 2 is 1.92 bits per heavy atom. The van der Waals surface area contributed by atoms with E-state index in [-0.39, 0.29) is 5.54 Å². The van der Waals surface area contributed by atoms with Crippen molar-refractivity contribution < 1.29 is 0 Å². The summed E-state index contributed by atoms with van der Waals surface area (Å²) in [6.45, 7) is 8.06. The Labute approximate surface area is 169 Å². The van der Waals surface area contributed by atoms with E-state index in [1.54, 1.807) is 6.07 Å². The maximum absolute atomic E-state index is 6.33. The van der Waals surface area contributed by atoms with Gasteiger partial charge in [0, 0.05) is 23.5 Å². The van der Waals surface area contributed by atoms with Crippen LogP contribution in [-0.2, 0) is 6.42 Å². The van der Waals surface area contributed by atoms with Crippen molar-refractivity contribution in [3.05, 3.63) is 39.6 Å². The molecule has 1 aromatic carbocycles. The van der Waals surface area contributed by atoms with Crippen molar-refractivity contribution >= 4 is 40.8 Å². The molecule has 4 nitrogen and oxygen atoms in total. The van der Waals surface area contributed by atoms with Crippen molar-refractivity contribution in [1.82, 2.24) is 9.97 Å². The molecule has 2 N–H and O–H groups in total. The molecule has 0 spiro atoms. The molecule has 0 unspecified atom stereocenters. The van der Waals surface area contributed by atoms with Gasteiger partial charge in [-0.1, -0.05) is 48.0 Å². The molecule has 2 aromatic rings. The van der Waals surface area contributed by atoms with E-state index >= 15 is 0 Å². The van der Waals surface area contributed by atoms with Gasteiger partial charge in [0.15, 0.2) is 5.82 Å². The molecule has 3 rings (SSSR count). The average Bonchev–Trinajstić information content (AvgIpc) is 2.60. The van der Waals surface area contributed by atoms with Crippen molar-refractivity contribution in [1.29, 1.82) is 0 Å². The highest BCUT2D eigenvalue weighted by molar-refractivity contribution is 7.99. The molecule has 0 bridgehead atoms. The summed E-state index contributed by atoms with van der Waals surface area (Å²) in [7, 11) is 0. The maximum atomic E-state index is 6.33. The third kappa shape index (κ3) is 4.28. The first-order valence-electron chi connectivity index (χ1n) is 8.84. The Bertz CT molecular complexity index is 800. The van der Waals surface area contributed by atoms with E-state index in [9.17, 15) is 0 Å². The zero-order chi connectivity index (χ0) is 18.9. The second-order valence-corrected chi connectivity index (χ2v) is 8.85. The Hall–Kier alpha value is -1.01. The summed E-state index contributed by atoms with van der Waals surface area (Å²) in [5.41, 5.74) is 8.10. The lowest BCUT2D eigenvalue weighted by molar-refractivity contribution is 0.362. The average molecular weight is 411 g/mol. The molecule has 1 aliphatic heterocycles. The minimum atomic E-state index is -0.0789. The van der Waals surface area contributed by atoms with Crippen LogP contribution in [0.4, 0.5) is 5.82 Å². The quantitative estimate of drug-likeness (QED) is 0.757. The van der Waals surface area contributed by atoms with Crippen LogP contribution < -0.4 is 10.6 Å². The summed E-state index contributed by atoms with van der Waals surface area (Å²) >= 11 is 14.0. The van der Waals surface area contributed by atoms with Gasteiger partial charge in [-0.2, -0.15) is 0 Å². The van der Waals surface area contributed by atoms with Crippen LogP contribution in [0.3, 0.4) is 0 Å². The van der Waals surface area contributed by atoms with Crippen molar-refractivity contribution in [2.75, 3.05) is 18.0 Å². The first-order valence-corrected chi connectivity index (χ1v) is 10.4. The second-order valence-electron chi connectivity index (χ2n) is 7.03. The first-order chi connectivity index (χ1) is 12.3. The van der Waals surface area contributed by atoms with Crippen LogP contribution in [0.15, 0.2) is 28.1 Å². The predicted octanol–water partition coefficient (Wildman–Crippen LogP) is 5.12. The van der Waals surface area contributed by atoms with E-state index in [2.05, 4.69) is 18.7 Å². The van der Waals surface area contributed by atoms with Gasteiger partial charge in [0.1, 0.15) is 5.03 Å². The van der Waals surface area contributed by atoms with Gasteiger partial charge in [-0.05, 0) is 45.2 Å². The van der Waals surface area contributed by atoms with Crippen LogP contribution in [-0.4, -0.2) is 28.6 Å². The molecular weight excluding hydrogens is 387 g/mol. The summed E-state index contributed by atoms with van der Waals surface area (Å²) in [6.07, 6.45) is 2.76. The van der Waals surface area contributed by atoms with Crippen LogP contribution in [0.1, 0.15) is 38.1 Å². The van der Waals surface area contributed by atoms with E-state index in [0.717, 1.165) is 59.5 Å². The first kappa shape index (κ1) is 19.7. The highest BCUT2D eigenvalue weighted by Gasteiger charge is 2.28. The third-order valence-electron chi connectivity index (χ3n) is 4.74. The van der Waals surface area contributed by atoms with Crippen molar-refractivity contribution in [2.45, 2.75) is 55.5 Å². The minimum Gasteiger partial charge on any atom is -0.355 e. The molecule has 0 amide bonds. The molecule has 0 atom stereocenters. The number of halogens is 2. The predicted molar refractivity (Wildman–Crippen MR) is 111 cm³/mol. The van der Waals surface area contributed by atoms with Crippen molar-refractivity contribution in [3.8, 4) is 0 Å². The standard InChI is InChI=1S/C19H24Cl2N4S/c1-4-14-17(25-10-8-19(3,22)9-11-25)23-12(2)18(24-14)26-15-7-5-6-13(20)16(15)21/h5-7H,4,8-11,22H2,1-3H3. The molecule has 1 saturated heterocycles. The molecule has 0 saturated carbocycles. The Balaban J connectivity index is 1.89. The van der Waals surface area contributed by atoms with Gasteiger partial charge in [-0.3, -0.25) is 0 Å². The van der Waals surface area contributed by atoms with E-state index in [1.807, 2.05) is 19.1 Å². The molecule has 1 aliphatic rings. The normalized spacial score (nSPS) is 16.8. The number of benzene rings is 1. The lowest BCUT2D eigenvalue weighted by Gasteiger charge is -2.38. The summed E-state index contributed by atoms with van der Waals surface area (Å²) < 4.78 is 0. The SMILES string of the molecule is CCc1nc(Sc2cccc(Cl)c2Cl)c(C)nc1N1CCC(C)(N)CC1. The van der Waals surface area contributed by atoms with Gasteiger partial charge in [0.25, 0.3) is 0 Å². The fraction of sp³-hybridized carbons (Fsp3) is 0.474. The van der Waals surface area contributed by atoms with Crippen LogP contribution in [0.5, 0.6) is 0 Å². The number of nitrogens with two attached hydrogens (primary N) is 1. The molecule has 26 heavy (non-hydrogen) atoms. The fourth-order valence-electron chi connectivity index (χ4n) is 3.01. The smallest absolute Gasteiger partial charge is 0.150 e. The summed E-state index contributed by atoms with van der Waals surface area (Å²) in [4.78, 5) is 13.0. The second kappa shape index (κ2) is 7.93. The minimum absolute atomic E-state index is 0.0789. The molecule has 140 valence electrons. The lowest BCUT2D eigenvalue weighted by atomic mass is 9.91. The number of hydrogen-bond acceptors (Lipinski definition) is 5. The van der Waals surface area contributed by atoms with E-state index in [1.165, 1.54) is 11.8 Å². The fourth-order valence-corrected chi connectivity index (χ4v) is 4.38. The van der Waals surface area contributed by atoms with Crippen molar-refractivity contribution in [3.63, 3.8) is 0 Å². The number of hydrogen-bond donors (Lipinski definition) is 1. The third-order valence-corrected chi connectivity index (χ3v) is 6.81. The number of rotatable bonds is 4. The highest BCUT2D eigenvalue weighted by atomic mass is 35.5. The van der Waals surface area contributed by atoms with Gasteiger partial charge in [-0.15, -0.1) is 0 Å². The summed E-state index contributed by atoms with van der Waals surface area (Å²) in [5.74, 6) is 0.988. The van der Waals surface area contributed by atoms with Gasteiger partial charge in [0.05, 0.1) is 21.4 Å². The zero-order valence-corrected chi connectivity index (χ0v) is 17.7. The van der Waals surface area contributed by atoms with Gasteiger partial charge >= 0.3 is 0 Å². The van der Waals surface area contributed by atoms with E-state index in [4.69, 9.17) is 38.9 Å². The Morgan fingerprint density at radius 3 is 2.58 bits per heavy atom. The Kier molecular flexibility index (Phi) is 6.02. The maximum Gasteiger partial charge on any atom is 0.150 e. The van der Waals surface area contributed by atoms with Gasteiger partial charge in [-0.25, -0.2) is 9.97 Å². The monoisotopic (exact) mass is 410 g/mol. The Morgan fingerprint density at radius 1 is 1.23 bits per heavy atom. The molecule has 0 radical (unpaired) electrons. The highest BCUT2D eigenvalue weighted by Crippen LogP contribution is 2.38. The van der Waals surface area contributed by atoms with E-state index in [0.29, 0.717) is 10.0 Å². The molecule has 1 aromatic heterocycles. The van der Waals surface area contributed by atoms with Gasteiger partial charge < -0.3 is 10.6 Å². The van der Waals surface area contributed by atoms with Crippen LogP contribution >= 0.6 is 35.0 Å². The van der Waals surface area contributed by atoms with E-state index < -0.39 is 0 Å². The van der Waals surface area contributed by atoms with Crippen molar-refractivity contribution in [2.24, 2.45) is 5.73 Å².